The molecule has 0 N–H and O–H groups in total. The molecule has 1 unspecified atom stereocenters. The first-order chi connectivity index (χ1) is 11.5. The van der Waals surface area contributed by atoms with Gasteiger partial charge in [0.05, 0.1) is 27.5 Å². The minimum atomic E-state index is -0.118. The highest BCUT2D eigenvalue weighted by atomic mass is 35.5. The number of fused-ring (bicyclic) bond motifs is 3. The van der Waals surface area contributed by atoms with Gasteiger partial charge < -0.3 is 0 Å². The monoisotopic (exact) mass is 378 g/mol. The van der Waals surface area contributed by atoms with Crippen molar-refractivity contribution in [1.82, 2.24) is 9.55 Å². The maximum Gasteiger partial charge on any atom is 0.262 e. The Morgan fingerprint density at radius 3 is 3.00 bits per heavy atom. The molecular formula is C17H15ClN2O2S2. The maximum absolute atomic E-state index is 12.9. The molecule has 1 atom stereocenters. The van der Waals surface area contributed by atoms with E-state index in [1.807, 2.05) is 0 Å². The molecule has 4 nitrogen and oxygen atoms in total. The SMILES string of the molecule is CC1CCc2c(sc3ncn(CC(=O)c4ccc(Cl)s4)c(=O)c23)C1. The van der Waals surface area contributed by atoms with Gasteiger partial charge in [-0.25, -0.2) is 4.98 Å². The molecule has 0 saturated carbocycles. The number of aromatic nitrogens is 2. The Morgan fingerprint density at radius 2 is 2.25 bits per heavy atom. The quantitative estimate of drug-likeness (QED) is 0.642. The number of aryl methyl sites for hydroxylation is 1. The third-order valence-electron chi connectivity index (χ3n) is 4.44. The van der Waals surface area contributed by atoms with Gasteiger partial charge >= 0.3 is 0 Å². The van der Waals surface area contributed by atoms with E-state index in [0.29, 0.717) is 20.5 Å². The normalized spacial score (nSPS) is 17.2. The molecule has 3 heterocycles. The van der Waals surface area contributed by atoms with E-state index in [0.717, 1.165) is 29.7 Å². The lowest BCUT2D eigenvalue weighted by molar-refractivity contribution is 0.0974. The highest BCUT2D eigenvalue weighted by Crippen LogP contribution is 2.35. The number of hydrogen-bond donors (Lipinski definition) is 0. The van der Waals surface area contributed by atoms with Crippen LogP contribution in [0.25, 0.3) is 10.2 Å². The molecular weight excluding hydrogens is 364 g/mol. The van der Waals surface area contributed by atoms with Crippen LogP contribution in [-0.4, -0.2) is 15.3 Å². The van der Waals surface area contributed by atoms with Gasteiger partial charge in [0.15, 0.2) is 5.78 Å². The number of nitrogens with zero attached hydrogens (tertiary/aromatic N) is 2. The van der Waals surface area contributed by atoms with Crippen LogP contribution in [0.4, 0.5) is 0 Å². The Kier molecular flexibility index (Phi) is 4.06. The van der Waals surface area contributed by atoms with Crippen LogP contribution in [0.1, 0.15) is 33.5 Å². The second kappa shape index (κ2) is 6.10. The fourth-order valence-electron chi connectivity index (χ4n) is 3.18. The topological polar surface area (TPSA) is 52.0 Å². The molecule has 4 rings (SSSR count). The Hall–Kier alpha value is -1.50. The van der Waals surface area contributed by atoms with Crippen LogP contribution in [0, 0.1) is 5.92 Å². The van der Waals surface area contributed by atoms with Crippen LogP contribution in [-0.2, 0) is 19.4 Å². The summed E-state index contributed by atoms with van der Waals surface area (Å²) in [5, 5.41) is 0.710. The summed E-state index contributed by atoms with van der Waals surface area (Å²) in [5.74, 6) is 0.533. The van der Waals surface area contributed by atoms with Crippen LogP contribution in [0.15, 0.2) is 23.3 Å². The lowest BCUT2D eigenvalue weighted by Gasteiger charge is -2.17. The van der Waals surface area contributed by atoms with Gasteiger partial charge in [0.1, 0.15) is 4.83 Å². The number of ketones is 1. The fraction of sp³-hybridized carbons (Fsp3) is 0.353. The standard InChI is InChI=1S/C17H15ClN2O2S2/c1-9-2-3-10-13(6-9)24-16-15(10)17(22)20(8-19-16)7-11(21)12-4-5-14(18)23-12/h4-5,8-9H,2-3,6-7H2,1H3. The number of thiophene rings is 2. The van der Waals surface area contributed by atoms with Crippen molar-refractivity contribution in [3.05, 3.63) is 48.5 Å². The van der Waals surface area contributed by atoms with E-state index in [1.54, 1.807) is 23.5 Å². The predicted molar refractivity (Wildman–Crippen MR) is 98.7 cm³/mol. The van der Waals surface area contributed by atoms with Gasteiger partial charge in [0.25, 0.3) is 5.56 Å². The first-order valence-electron chi connectivity index (χ1n) is 7.81. The van der Waals surface area contributed by atoms with Crippen molar-refractivity contribution in [3.8, 4) is 0 Å². The van der Waals surface area contributed by atoms with E-state index < -0.39 is 0 Å². The second-order valence-corrected chi connectivity index (χ2v) is 9.04. The fourth-order valence-corrected chi connectivity index (χ4v) is 5.49. The zero-order chi connectivity index (χ0) is 16.8. The summed E-state index contributed by atoms with van der Waals surface area (Å²) >= 11 is 8.73. The number of carbonyl (C=O) groups excluding carboxylic acids is 1. The zero-order valence-electron chi connectivity index (χ0n) is 13.0. The van der Waals surface area contributed by atoms with Gasteiger partial charge in [-0.05, 0) is 42.9 Å². The first-order valence-corrected chi connectivity index (χ1v) is 9.82. The summed E-state index contributed by atoms with van der Waals surface area (Å²) in [7, 11) is 0. The molecule has 0 bridgehead atoms. The van der Waals surface area contributed by atoms with E-state index in [9.17, 15) is 9.59 Å². The molecule has 0 spiro atoms. The molecule has 0 aromatic carbocycles. The van der Waals surface area contributed by atoms with Crippen LogP contribution in [0.3, 0.4) is 0 Å². The minimum absolute atomic E-state index is 0.000359. The third-order valence-corrected chi connectivity index (χ3v) is 6.88. The maximum atomic E-state index is 12.9. The summed E-state index contributed by atoms with van der Waals surface area (Å²) in [5.41, 5.74) is 1.04. The number of carbonyl (C=O) groups is 1. The molecule has 0 aliphatic heterocycles. The summed E-state index contributed by atoms with van der Waals surface area (Å²) in [6.45, 7) is 2.24. The molecule has 0 radical (unpaired) electrons. The Morgan fingerprint density at radius 1 is 1.42 bits per heavy atom. The van der Waals surface area contributed by atoms with Gasteiger partial charge in [-0.15, -0.1) is 22.7 Å². The largest absolute Gasteiger partial charge is 0.291 e. The lowest BCUT2D eigenvalue weighted by Crippen LogP contribution is -2.25. The van der Waals surface area contributed by atoms with Crippen molar-refractivity contribution in [2.75, 3.05) is 0 Å². The van der Waals surface area contributed by atoms with Crippen LogP contribution >= 0.6 is 34.3 Å². The van der Waals surface area contributed by atoms with E-state index in [-0.39, 0.29) is 17.9 Å². The van der Waals surface area contributed by atoms with Crippen molar-refractivity contribution < 1.29 is 4.79 Å². The third kappa shape index (κ3) is 2.72. The molecule has 124 valence electrons. The number of Topliss-reactive ketones (excluding diaryl/α,β-unsaturated/α-hetero) is 1. The minimum Gasteiger partial charge on any atom is -0.291 e. The Balaban J connectivity index is 1.73. The van der Waals surface area contributed by atoms with Crippen molar-refractivity contribution in [3.63, 3.8) is 0 Å². The van der Waals surface area contributed by atoms with E-state index in [1.165, 1.54) is 27.1 Å². The average Bonchev–Trinajstić information content (AvgIpc) is 3.13. The number of rotatable bonds is 3. The molecule has 3 aromatic heterocycles. The first kappa shape index (κ1) is 16.0. The lowest BCUT2D eigenvalue weighted by atomic mass is 9.89. The molecule has 1 aliphatic rings. The zero-order valence-corrected chi connectivity index (χ0v) is 15.4. The highest BCUT2D eigenvalue weighted by molar-refractivity contribution is 7.19. The van der Waals surface area contributed by atoms with Crippen LogP contribution in [0.2, 0.25) is 4.34 Å². The van der Waals surface area contributed by atoms with E-state index in [4.69, 9.17) is 11.6 Å². The van der Waals surface area contributed by atoms with Crippen molar-refractivity contribution >= 4 is 50.3 Å². The van der Waals surface area contributed by atoms with Gasteiger partial charge in [-0.1, -0.05) is 18.5 Å². The van der Waals surface area contributed by atoms with Crippen molar-refractivity contribution in [2.45, 2.75) is 32.7 Å². The predicted octanol–water partition coefficient (Wildman–Crippen LogP) is 4.18. The molecule has 24 heavy (non-hydrogen) atoms. The molecule has 0 fully saturated rings. The summed E-state index contributed by atoms with van der Waals surface area (Å²) in [6.07, 6.45) is 4.53. The second-order valence-electron chi connectivity index (χ2n) is 6.24. The molecule has 3 aromatic rings. The van der Waals surface area contributed by atoms with Gasteiger partial charge in [-0.2, -0.15) is 0 Å². The van der Waals surface area contributed by atoms with Gasteiger partial charge in [0.2, 0.25) is 0 Å². The highest BCUT2D eigenvalue weighted by Gasteiger charge is 2.23. The van der Waals surface area contributed by atoms with Gasteiger partial charge in [0, 0.05) is 4.88 Å². The number of hydrogen-bond acceptors (Lipinski definition) is 5. The molecule has 7 heteroatoms. The number of halogens is 1. The Labute approximate surface area is 151 Å². The van der Waals surface area contributed by atoms with Gasteiger partial charge in [-0.3, -0.25) is 14.2 Å². The summed E-state index contributed by atoms with van der Waals surface area (Å²) in [4.78, 5) is 32.3. The smallest absolute Gasteiger partial charge is 0.262 e. The molecule has 0 saturated heterocycles. The summed E-state index contributed by atoms with van der Waals surface area (Å²) < 4.78 is 1.99. The van der Waals surface area contributed by atoms with E-state index >= 15 is 0 Å². The molecule has 0 amide bonds. The van der Waals surface area contributed by atoms with Crippen molar-refractivity contribution in [1.29, 1.82) is 0 Å². The van der Waals surface area contributed by atoms with Crippen molar-refractivity contribution in [2.24, 2.45) is 5.92 Å². The van der Waals surface area contributed by atoms with E-state index in [2.05, 4.69) is 11.9 Å². The summed E-state index contributed by atoms with van der Waals surface area (Å²) in [6, 6.07) is 3.39. The molecule has 1 aliphatic carbocycles. The van der Waals surface area contributed by atoms with Crippen LogP contribution in [0.5, 0.6) is 0 Å². The van der Waals surface area contributed by atoms with Crippen LogP contribution < -0.4 is 5.56 Å². The average molecular weight is 379 g/mol. The Bertz CT molecular complexity index is 1000.